The van der Waals surface area contributed by atoms with Crippen LogP contribution in [0.4, 0.5) is 9.59 Å². The molecule has 1 rings (SSSR count). The molecule has 0 spiro atoms. The second-order valence-electron chi connectivity index (χ2n) is 10.2. The molecule has 0 saturated heterocycles. The Morgan fingerprint density at radius 3 is 1.95 bits per heavy atom. The van der Waals surface area contributed by atoms with Gasteiger partial charge in [-0.05, 0) is 56.2 Å². The Kier molecular flexibility index (Phi) is 15.7. The first-order chi connectivity index (χ1) is 18.9. The molecule has 1 N–H and O–H groups in total. The molecular weight excluding hydrogens is 522 g/mol. The van der Waals surface area contributed by atoms with E-state index >= 15 is 0 Å². The third-order valence-corrected chi connectivity index (χ3v) is 6.25. The van der Waals surface area contributed by atoms with Gasteiger partial charge in [-0.3, -0.25) is 9.59 Å². The molecule has 0 bridgehead atoms. The summed E-state index contributed by atoms with van der Waals surface area (Å²) in [6.07, 6.45) is -0.619. The lowest BCUT2D eigenvalue weighted by Crippen LogP contribution is -2.41. The molecule has 0 saturated carbocycles. The first-order valence-electron chi connectivity index (χ1n) is 13.7. The van der Waals surface area contributed by atoms with E-state index in [0.29, 0.717) is 12.0 Å². The van der Waals surface area contributed by atoms with Crippen molar-refractivity contribution in [1.82, 2.24) is 5.32 Å². The molecule has 0 fully saturated rings. The number of methoxy groups -OCH3 is 1. The van der Waals surface area contributed by atoms with Crippen molar-refractivity contribution in [2.75, 3.05) is 20.3 Å². The van der Waals surface area contributed by atoms with Gasteiger partial charge in [0.2, 0.25) is 0 Å². The van der Waals surface area contributed by atoms with Crippen molar-refractivity contribution in [1.29, 1.82) is 0 Å². The van der Waals surface area contributed by atoms with E-state index in [2.05, 4.69) is 5.32 Å². The molecule has 0 amide bonds. The highest BCUT2D eigenvalue weighted by Crippen LogP contribution is 2.30. The fourth-order valence-corrected chi connectivity index (χ4v) is 3.06. The highest BCUT2D eigenvalue weighted by atomic mass is 16.8. The van der Waals surface area contributed by atoms with Crippen molar-refractivity contribution < 1.29 is 47.6 Å². The normalized spacial score (nSPS) is 13.2. The van der Waals surface area contributed by atoms with Gasteiger partial charge < -0.3 is 33.7 Å². The smallest absolute Gasteiger partial charge is 0.468 e. The first kappa shape index (κ1) is 34.7. The average molecular weight is 568 g/mol. The van der Waals surface area contributed by atoms with E-state index in [9.17, 15) is 19.2 Å². The van der Waals surface area contributed by atoms with Gasteiger partial charge in [-0.25, -0.2) is 9.59 Å². The summed E-state index contributed by atoms with van der Waals surface area (Å²) in [5.41, 5.74) is 0.568. The Labute approximate surface area is 237 Å². The topological polar surface area (TPSA) is 136 Å². The molecule has 40 heavy (non-hydrogen) atoms. The summed E-state index contributed by atoms with van der Waals surface area (Å²) in [5, 5.41) is 3.02. The Morgan fingerprint density at radius 1 is 0.850 bits per heavy atom. The van der Waals surface area contributed by atoms with Gasteiger partial charge in [0, 0.05) is 13.0 Å². The highest BCUT2D eigenvalue weighted by molar-refractivity contribution is 5.76. The lowest BCUT2D eigenvalue weighted by atomic mass is 10.1. The summed E-state index contributed by atoms with van der Waals surface area (Å²) in [7, 11) is 1.27. The van der Waals surface area contributed by atoms with Crippen LogP contribution in [-0.4, -0.2) is 62.8 Å². The third kappa shape index (κ3) is 13.1. The van der Waals surface area contributed by atoms with Crippen LogP contribution >= 0.6 is 0 Å². The number of rotatable bonds is 16. The largest absolute Gasteiger partial charge is 0.514 e. The molecule has 0 aliphatic heterocycles. The second-order valence-corrected chi connectivity index (χ2v) is 10.2. The first-order valence-corrected chi connectivity index (χ1v) is 13.7. The summed E-state index contributed by atoms with van der Waals surface area (Å²) >= 11 is 0. The highest BCUT2D eigenvalue weighted by Gasteiger charge is 2.24. The molecular formula is C29H45NO10. The fourth-order valence-electron chi connectivity index (χ4n) is 3.06. The van der Waals surface area contributed by atoms with Gasteiger partial charge in [0.1, 0.15) is 24.9 Å². The van der Waals surface area contributed by atoms with Gasteiger partial charge in [0.15, 0.2) is 11.5 Å². The minimum Gasteiger partial charge on any atom is -0.468 e. The maximum Gasteiger partial charge on any atom is 0.514 e. The van der Waals surface area contributed by atoms with Crippen molar-refractivity contribution in [2.24, 2.45) is 11.8 Å². The maximum atomic E-state index is 12.5. The van der Waals surface area contributed by atoms with Gasteiger partial charge in [0.25, 0.3) is 0 Å². The summed E-state index contributed by atoms with van der Waals surface area (Å²) in [4.78, 5) is 49.0. The van der Waals surface area contributed by atoms with E-state index in [-0.39, 0.29) is 48.9 Å². The Hall–Kier alpha value is -3.34. The van der Waals surface area contributed by atoms with Crippen molar-refractivity contribution >= 4 is 24.2 Å². The monoisotopic (exact) mass is 567 g/mol. The molecule has 0 aromatic heterocycles. The van der Waals surface area contributed by atoms with E-state index in [1.807, 2.05) is 34.6 Å². The second kappa shape index (κ2) is 18.1. The lowest BCUT2D eigenvalue weighted by Gasteiger charge is -2.20. The molecule has 0 heterocycles. The summed E-state index contributed by atoms with van der Waals surface area (Å²) in [5.74, 6) is -0.839. The minimum absolute atomic E-state index is 0.0552. The number of carbonyl (C=O) groups is 4. The maximum absolute atomic E-state index is 12.5. The van der Waals surface area contributed by atoms with E-state index in [1.165, 1.54) is 19.2 Å². The number of benzene rings is 1. The van der Waals surface area contributed by atoms with E-state index < -0.39 is 36.5 Å². The summed E-state index contributed by atoms with van der Waals surface area (Å²) in [6, 6.07) is 3.74. The van der Waals surface area contributed by atoms with Crippen LogP contribution in [0.2, 0.25) is 0 Å². The van der Waals surface area contributed by atoms with Crippen LogP contribution in [0.25, 0.3) is 0 Å². The molecule has 0 aliphatic rings. The SMILES string of the molecule is CCCCC(=O)OCCN[C@@H](Cc1ccc(OC(=O)OC(C)C(C)C)c(OC(=O)OC(C)C(C)C)c1)C(=O)OC. The predicted octanol–water partition coefficient (Wildman–Crippen LogP) is 5.21. The molecule has 3 atom stereocenters. The average Bonchev–Trinajstić information content (AvgIpc) is 2.89. The van der Waals surface area contributed by atoms with Gasteiger partial charge in [-0.15, -0.1) is 0 Å². The van der Waals surface area contributed by atoms with Crippen molar-refractivity contribution in [3.8, 4) is 11.5 Å². The summed E-state index contributed by atoms with van der Waals surface area (Å²) < 4.78 is 31.4. The molecule has 1 aromatic carbocycles. The lowest BCUT2D eigenvalue weighted by molar-refractivity contribution is -0.144. The number of esters is 2. The van der Waals surface area contributed by atoms with E-state index in [4.69, 9.17) is 28.4 Å². The zero-order chi connectivity index (χ0) is 30.2. The van der Waals surface area contributed by atoms with Crippen molar-refractivity contribution in [2.45, 2.75) is 92.4 Å². The zero-order valence-electron chi connectivity index (χ0n) is 24.9. The van der Waals surface area contributed by atoms with Gasteiger partial charge >= 0.3 is 24.2 Å². The Morgan fingerprint density at radius 2 is 1.43 bits per heavy atom. The number of hydrogen-bond acceptors (Lipinski definition) is 11. The van der Waals surface area contributed by atoms with Crippen LogP contribution in [0.5, 0.6) is 11.5 Å². The third-order valence-electron chi connectivity index (χ3n) is 6.25. The van der Waals surface area contributed by atoms with E-state index in [1.54, 1.807) is 19.9 Å². The van der Waals surface area contributed by atoms with Crippen LogP contribution in [0.3, 0.4) is 0 Å². The number of ether oxygens (including phenoxy) is 6. The quantitative estimate of drug-likeness (QED) is 0.122. The van der Waals surface area contributed by atoms with Gasteiger partial charge in [0.05, 0.1) is 7.11 Å². The molecule has 2 unspecified atom stereocenters. The van der Waals surface area contributed by atoms with Crippen LogP contribution < -0.4 is 14.8 Å². The zero-order valence-corrected chi connectivity index (χ0v) is 24.9. The number of hydrogen-bond donors (Lipinski definition) is 1. The molecule has 11 heteroatoms. The van der Waals surface area contributed by atoms with Gasteiger partial charge in [-0.1, -0.05) is 47.1 Å². The molecule has 0 radical (unpaired) electrons. The Balaban J connectivity index is 3.06. The number of nitrogens with one attached hydrogen (secondary N) is 1. The Bertz CT molecular complexity index is 962. The van der Waals surface area contributed by atoms with Crippen molar-refractivity contribution in [3.63, 3.8) is 0 Å². The fraction of sp³-hybridized carbons (Fsp3) is 0.655. The van der Waals surface area contributed by atoms with E-state index in [0.717, 1.165) is 12.8 Å². The molecule has 0 aliphatic carbocycles. The van der Waals surface area contributed by atoms with Gasteiger partial charge in [-0.2, -0.15) is 0 Å². The number of carbonyl (C=O) groups excluding carboxylic acids is 4. The van der Waals surface area contributed by atoms with Crippen LogP contribution in [-0.2, 0) is 35.0 Å². The molecule has 226 valence electrons. The summed E-state index contributed by atoms with van der Waals surface area (Å²) in [6.45, 7) is 13.4. The molecule has 11 nitrogen and oxygen atoms in total. The number of unbranched alkanes of at least 4 members (excludes halogenated alkanes) is 1. The molecule has 1 aromatic rings. The van der Waals surface area contributed by atoms with Crippen LogP contribution in [0.15, 0.2) is 18.2 Å². The van der Waals surface area contributed by atoms with Crippen molar-refractivity contribution in [3.05, 3.63) is 23.8 Å². The van der Waals surface area contributed by atoms with Crippen LogP contribution in [0.1, 0.15) is 73.3 Å². The standard InChI is InChI=1S/C29H45NO10/c1-9-10-11-26(31)36-15-14-30-23(27(32)35-8)16-22-12-13-24(39-28(33)37-20(6)18(2)3)25(17-22)40-29(34)38-21(7)19(4)5/h12-13,17-21,23,30H,9-11,14-16H2,1-8H3/t20?,21?,23-/m0/s1. The van der Waals surface area contributed by atoms with Crippen LogP contribution in [0, 0.1) is 11.8 Å². The minimum atomic E-state index is -0.973. The predicted molar refractivity (Wildman–Crippen MR) is 147 cm³/mol.